The van der Waals surface area contributed by atoms with Crippen LogP contribution in [0.5, 0.6) is 0 Å². The van der Waals surface area contributed by atoms with Crippen LogP contribution in [-0.2, 0) is 19.1 Å². The van der Waals surface area contributed by atoms with Crippen molar-refractivity contribution in [2.45, 2.75) is 89.6 Å². The van der Waals surface area contributed by atoms with Crippen LogP contribution in [0.15, 0.2) is 11.6 Å². The largest absolute Gasteiger partial charge is 0.456 e. The standard InChI is InChI=1S/C25H36O8/c1-24-9-7-14(27)11-13(24)3-4-15-16-5-6-19(25(16,2)10-8-17(15)24)33-23(32)22(31)21(30)20(29)18(28)12-26/h11,15-21,26,28-30H,3-10,12H2,1-2H3/t15-,16-,17-,18-,19-,20+,21-,24-,25-/m0/s1. The zero-order valence-corrected chi connectivity index (χ0v) is 19.4. The molecule has 0 aromatic rings. The van der Waals surface area contributed by atoms with Gasteiger partial charge < -0.3 is 25.2 Å². The number of carbonyl (C=O) groups excluding carboxylic acids is 3. The second-order valence-electron chi connectivity index (χ2n) is 11.0. The van der Waals surface area contributed by atoms with Gasteiger partial charge in [0.1, 0.15) is 18.3 Å². The summed E-state index contributed by atoms with van der Waals surface area (Å²) in [6.45, 7) is 3.58. The van der Waals surface area contributed by atoms with Gasteiger partial charge in [0, 0.05) is 11.8 Å². The van der Waals surface area contributed by atoms with Crippen LogP contribution in [0.1, 0.15) is 65.2 Å². The van der Waals surface area contributed by atoms with E-state index in [-0.39, 0.29) is 16.6 Å². The molecule has 4 rings (SSSR count). The molecule has 0 aromatic heterocycles. The van der Waals surface area contributed by atoms with Crippen molar-refractivity contribution < 1.29 is 39.5 Å². The van der Waals surface area contributed by atoms with E-state index >= 15 is 0 Å². The van der Waals surface area contributed by atoms with Gasteiger partial charge in [0.15, 0.2) is 11.9 Å². The molecule has 3 fully saturated rings. The lowest BCUT2D eigenvalue weighted by Gasteiger charge is -2.57. The van der Waals surface area contributed by atoms with Gasteiger partial charge in [0.2, 0.25) is 0 Å². The van der Waals surface area contributed by atoms with Crippen LogP contribution < -0.4 is 0 Å². The first-order valence-electron chi connectivity index (χ1n) is 12.2. The number of Topliss-reactive ketones (excluding diaryl/α,β-unsaturated/α-hetero) is 1. The first-order chi connectivity index (χ1) is 15.5. The third-order valence-electron chi connectivity index (χ3n) is 9.50. The van der Waals surface area contributed by atoms with Crippen molar-refractivity contribution in [3.05, 3.63) is 11.6 Å². The molecule has 4 N–H and O–H groups in total. The van der Waals surface area contributed by atoms with Crippen molar-refractivity contribution in [2.75, 3.05) is 6.61 Å². The van der Waals surface area contributed by atoms with Crippen LogP contribution in [-0.4, -0.2) is 69.0 Å². The molecular formula is C25H36O8. The van der Waals surface area contributed by atoms with Gasteiger partial charge in [0.05, 0.1) is 6.61 Å². The maximum atomic E-state index is 12.5. The van der Waals surface area contributed by atoms with Crippen LogP contribution in [0.25, 0.3) is 0 Å². The van der Waals surface area contributed by atoms with Crippen molar-refractivity contribution in [3.8, 4) is 0 Å². The molecule has 8 nitrogen and oxygen atoms in total. The van der Waals surface area contributed by atoms with Crippen LogP contribution in [0.3, 0.4) is 0 Å². The van der Waals surface area contributed by atoms with Gasteiger partial charge >= 0.3 is 5.97 Å². The number of aliphatic hydroxyl groups is 4. The fourth-order valence-corrected chi connectivity index (χ4v) is 7.49. The molecule has 9 atom stereocenters. The topological polar surface area (TPSA) is 141 Å². The molecular weight excluding hydrogens is 428 g/mol. The van der Waals surface area contributed by atoms with Crippen LogP contribution in [0.4, 0.5) is 0 Å². The molecule has 0 aliphatic heterocycles. The van der Waals surface area contributed by atoms with E-state index in [4.69, 9.17) is 9.84 Å². The lowest BCUT2D eigenvalue weighted by molar-refractivity contribution is -0.173. The summed E-state index contributed by atoms with van der Waals surface area (Å²) in [7, 11) is 0. The Kier molecular flexibility index (Phi) is 6.59. The number of rotatable bonds is 6. The van der Waals surface area contributed by atoms with E-state index in [2.05, 4.69) is 13.8 Å². The number of fused-ring (bicyclic) bond motifs is 5. The van der Waals surface area contributed by atoms with E-state index in [1.807, 2.05) is 6.08 Å². The Labute approximate surface area is 194 Å². The molecule has 8 heteroatoms. The molecule has 0 amide bonds. The third kappa shape index (κ3) is 3.99. The fourth-order valence-electron chi connectivity index (χ4n) is 7.49. The number of esters is 1. The van der Waals surface area contributed by atoms with Gasteiger partial charge in [-0.15, -0.1) is 0 Å². The summed E-state index contributed by atoms with van der Waals surface area (Å²) in [5, 5.41) is 38.0. The Morgan fingerprint density at radius 1 is 1.06 bits per heavy atom. The molecule has 0 aromatic carbocycles. The van der Waals surface area contributed by atoms with E-state index in [1.54, 1.807) is 0 Å². The molecule has 0 heterocycles. The Morgan fingerprint density at radius 3 is 2.48 bits per heavy atom. The van der Waals surface area contributed by atoms with Gasteiger partial charge in [-0.25, -0.2) is 4.79 Å². The predicted molar refractivity (Wildman–Crippen MR) is 117 cm³/mol. The Morgan fingerprint density at radius 2 is 1.79 bits per heavy atom. The summed E-state index contributed by atoms with van der Waals surface area (Å²) in [6.07, 6.45) is 2.38. The van der Waals surface area contributed by atoms with Crippen molar-refractivity contribution in [2.24, 2.45) is 28.6 Å². The van der Waals surface area contributed by atoms with Crippen molar-refractivity contribution in [1.82, 2.24) is 0 Å². The highest BCUT2D eigenvalue weighted by molar-refractivity contribution is 6.35. The van der Waals surface area contributed by atoms with Gasteiger partial charge in [0.25, 0.3) is 5.78 Å². The van der Waals surface area contributed by atoms with E-state index in [0.717, 1.165) is 38.5 Å². The highest BCUT2D eigenvalue weighted by Gasteiger charge is 2.60. The van der Waals surface area contributed by atoms with Crippen LogP contribution in [0, 0.1) is 28.6 Å². The van der Waals surface area contributed by atoms with E-state index in [0.29, 0.717) is 30.6 Å². The molecule has 0 saturated heterocycles. The SMILES string of the molecule is C[C@]12CC[C@H]3[C@@H](CCC4=CC(=O)CC[C@@]43C)[C@@H]1CC[C@@H]2OC(=O)C(=O)[C@@H](O)[C@H](O)[C@@H](O)CO. The number of allylic oxidation sites excluding steroid dienone is 1. The monoisotopic (exact) mass is 464 g/mol. The van der Waals surface area contributed by atoms with E-state index in [9.17, 15) is 29.7 Å². The van der Waals surface area contributed by atoms with Gasteiger partial charge in [-0.3, -0.25) is 9.59 Å². The quantitative estimate of drug-likeness (QED) is 0.338. The zero-order chi connectivity index (χ0) is 24.1. The molecule has 4 aliphatic carbocycles. The molecule has 3 saturated carbocycles. The molecule has 184 valence electrons. The highest BCUT2D eigenvalue weighted by Crippen LogP contribution is 2.65. The summed E-state index contributed by atoms with van der Waals surface area (Å²) in [4.78, 5) is 36.8. The van der Waals surface area contributed by atoms with Crippen LogP contribution >= 0.6 is 0 Å². The maximum Gasteiger partial charge on any atom is 0.377 e. The third-order valence-corrected chi connectivity index (χ3v) is 9.50. The molecule has 0 unspecified atom stereocenters. The van der Waals surface area contributed by atoms with Gasteiger partial charge in [-0.1, -0.05) is 19.4 Å². The average molecular weight is 465 g/mol. The first kappa shape index (κ1) is 24.5. The Balaban J connectivity index is 1.46. The maximum absolute atomic E-state index is 12.5. The number of aliphatic hydroxyl groups excluding tert-OH is 4. The summed E-state index contributed by atoms with van der Waals surface area (Å²) in [6, 6.07) is 0. The Hall–Kier alpha value is -1.61. The van der Waals surface area contributed by atoms with Crippen molar-refractivity contribution >= 4 is 17.5 Å². The molecule has 0 radical (unpaired) electrons. The number of carbonyl (C=O) groups is 3. The summed E-state index contributed by atoms with van der Waals surface area (Å²) >= 11 is 0. The average Bonchev–Trinajstić information content (AvgIpc) is 3.13. The number of hydrogen-bond acceptors (Lipinski definition) is 8. The predicted octanol–water partition coefficient (Wildman–Crippen LogP) is 1.07. The van der Waals surface area contributed by atoms with E-state index in [1.165, 1.54) is 5.57 Å². The smallest absolute Gasteiger partial charge is 0.377 e. The second kappa shape index (κ2) is 8.87. The van der Waals surface area contributed by atoms with Crippen molar-refractivity contribution in [3.63, 3.8) is 0 Å². The molecule has 4 aliphatic rings. The Bertz CT molecular complexity index is 851. The first-order valence-corrected chi connectivity index (χ1v) is 12.2. The van der Waals surface area contributed by atoms with Crippen LogP contribution in [0.2, 0.25) is 0 Å². The second-order valence-corrected chi connectivity index (χ2v) is 11.0. The lowest BCUT2D eigenvalue weighted by Crippen LogP contribution is -2.52. The lowest BCUT2D eigenvalue weighted by atomic mass is 9.47. The summed E-state index contributed by atoms with van der Waals surface area (Å²) in [5.41, 5.74) is 1.08. The summed E-state index contributed by atoms with van der Waals surface area (Å²) in [5.74, 6) is -0.970. The zero-order valence-electron chi connectivity index (χ0n) is 19.4. The van der Waals surface area contributed by atoms with Gasteiger partial charge in [-0.05, 0) is 74.2 Å². The van der Waals surface area contributed by atoms with Crippen molar-refractivity contribution in [1.29, 1.82) is 0 Å². The minimum Gasteiger partial charge on any atom is -0.456 e. The molecule has 33 heavy (non-hydrogen) atoms. The minimum atomic E-state index is -2.15. The normalized spacial score (nSPS) is 40.5. The number of hydrogen-bond donors (Lipinski definition) is 4. The fraction of sp³-hybridized carbons (Fsp3) is 0.800. The molecule has 0 bridgehead atoms. The molecule has 0 spiro atoms. The number of ether oxygens (including phenoxy) is 1. The highest BCUT2D eigenvalue weighted by atomic mass is 16.6. The van der Waals surface area contributed by atoms with E-state index < -0.39 is 42.8 Å². The summed E-state index contributed by atoms with van der Waals surface area (Å²) < 4.78 is 5.60. The minimum absolute atomic E-state index is 0.0523. The van der Waals surface area contributed by atoms with Gasteiger partial charge in [-0.2, -0.15) is 0 Å². The number of ketones is 2.